The lowest BCUT2D eigenvalue weighted by atomic mass is 10.1. The van der Waals surface area contributed by atoms with Crippen LogP contribution in [-0.4, -0.2) is 31.1 Å². The largest absolute Gasteiger partial charge is 0.396 e. The fourth-order valence-corrected chi connectivity index (χ4v) is 3.51. The zero-order chi connectivity index (χ0) is 14.8. The molecule has 5 N–H and O–H groups in total. The maximum atomic E-state index is 12.2. The van der Waals surface area contributed by atoms with Crippen molar-refractivity contribution in [2.24, 2.45) is 0 Å². The van der Waals surface area contributed by atoms with Crippen LogP contribution in [0.2, 0.25) is 0 Å². The minimum atomic E-state index is -0.158. The number of nitrogens with one attached hydrogen (secondary N) is 3. The molecule has 0 atom stereocenters. The van der Waals surface area contributed by atoms with Crippen LogP contribution in [0, 0.1) is 11.3 Å². The summed E-state index contributed by atoms with van der Waals surface area (Å²) < 4.78 is 0. The lowest BCUT2D eigenvalue weighted by Gasteiger charge is -2.24. The Bertz CT molecular complexity index is 581. The third-order valence-electron chi connectivity index (χ3n) is 3.85. The van der Waals surface area contributed by atoms with Crippen molar-refractivity contribution in [2.75, 3.05) is 24.1 Å². The molecule has 2 heterocycles. The molecule has 1 saturated heterocycles. The van der Waals surface area contributed by atoms with Crippen LogP contribution in [0.3, 0.4) is 0 Å². The number of nitrogens with two attached hydrogens (primary N) is 1. The molecule has 0 aromatic carbocycles. The first-order valence-electron chi connectivity index (χ1n) is 7.29. The van der Waals surface area contributed by atoms with Crippen LogP contribution in [0.5, 0.6) is 0 Å². The van der Waals surface area contributed by atoms with E-state index in [0.717, 1.165) is 43.8 Å². The Balaban J connectivity index is 1.78. The van der Waals surface area contributed by atoms with Crippen LogP contribution in [0.25, 0.3) is 0 Å². The molecule has 7 heteroatoms. The highest BCUT2D eigenvalue weighted by atomic mass is 32.1. The van der Waals surface area contributed by atoms with Crippen LogP contribution in [0.4, 0.5) is 10.7 Å². The van der Waals surface area contributed by atoms with Crippen LogP contribution in [0.1, 0.15) is 40.9 Å². The first kappa shape index (κ1) is 14.2. The van der Waals surface area contributed by atoms with E-state index in [1.165, 1.54) is 11.3 Å². The van der Waals surface area contributed by atoms with Crippen molar-refractivity contribution < 1.29 is 4.79 Å². The van der Waals surface area contributed by atoms with Gasteiger partial charge >= 0.3 is 0 Å². The number of anilines is 2. The summed E-state index contributed by atoms with van der Waals surface area (Å²) in [6.45, 7) is 1.94. The maximum absolute atomic E-state index is 12.2. The third kappa shape index (κ3) is 3.12. The number of rotatable bonds is 4. The molecule has 3 rings (SSSR count). The van der Waals surface area contributed by atoms with Gasteiger partial charge in [0.1, 0.15) is 21.5 Å². The molecule has 2 fully saturated rings. The number of hydrogen-bond donors (Lipinski definition) is 4. The minimum Gasteiger partial charge on any atom is -0.396 e. The number of piperidine rings is 1. The van der Waals surface area contributed by atoms with Gasteiger partial charge in [0.05, 0.1) is 5.69 Å². The summed E-state index contributed by atoms with van der Waals surface area (Å²) in [6, 6.07) is 2.74. The second-order valence-corrected chi connectivity index (χ2v) is 6.60. The van der Waals surface area contributed by atoms with Gasteiger partial charge in [0.2, 0.25) is 0 Å². The van der Waals surface area contributed by atoms with E-state index in [1.54, 1.807) is 0 Å². The Morgan fingerprint density at radius 1 is 1.29 bits per heavy atom. The van der Waals surface area contributed by atoms with Gasteiger partial charge in [0, 0.05) is 12.1 Å². The van der Waals surface area contributed by atoms with E-state index in [1.807, 2.05) is 0 Å². The molecule has 0 spiro atoms. The van der Waals surface area contributed by atoms with Crippen LogP contribution in [0.15, 0.2) is 0 Å². The zero-order valence-corrected chi connectivity index (χ0v) is 12.6. The van der Waals surface area contributed by atoms with Gasteiger partial charge in [-0.1, -0.05) is 0 Å². The molecule has 1 aromatic rings. The highest BCUT2D eigenvalue weighted by Gasteiger charge is 2.28. The van der Waals surface area contributed by atoms with E-state index in [2.05, 4.69) is 22.0 Å². The van der Waals surface area contributed by atoms with Gasteiger partial charge in [-0.2, -0.15) is 5.26 Å². The summed E-state index contributed by atoms with van der Waals surface area (Å²) in [6.07, 6.45) is 4.07. The number of nitrogens with zero attached hydrogens (tertiary/aromatic N) is 1. The number of carbonyl (C=O) groups excluding carboxylic acids is 1. The smallest absolute Gasteiger partial charge is 0.263 e. The van der Waals surface area contributed by atoms with Crippen molar-refractivity contribution in [1.29, 1.82) is 5.26 Å². The van der Waals surface area contributed by atoms with Crippen LogP contribution in [-0.2, 0) is 0 Å². The highest BCUT2D eigenvalue weighted by Crippen LogP contribution is 2.36. The SMILES string of the molecule is N#Cc1c(NC2CCNCC2)sc(C(=O)NC2CC2)c1N. The Morgan fingerprint density at radius 3 is 2.62 bits per heavy atom. The van der Waals surface area contributed by atoms with Gasteiger partial charge < -0.3 is 21.7 Å². The molecule has 0 radical (unpaired) electrons. The number of nitriles is 1. The van der Waals surface area contributed by atoms with Crippen molar-refractivity contribution >= 4 is 27.9 Å². The molecule has 0 bridgehead atoms. The topological polar surface area (TPSA) is 103 Å². The molecule has 21 heavy (non-hydrogen) atoms. The molecule has 6 nitrogen and oxygen atoms in total. The maximum Gasteiger partial charge on any atom is 0.263 e. The van der Waals surface area contributed by atoms with E-state index in [4.69, 9.17) is 5.73 Å². The number of nitrogen functional groups attached to an aromatic ring is 1. The summed E-state index contributed by atoms with van der Waals surface area (Å²) in [5, 5.41) is 19.6. The van der Waals surface area contributed by atoms with Crippen molar-refractivity contribution in [2.45, 2.75) is 37.8 Å². The third-order valence-corrected chi connectivity index (χ3v) is 4.99. The van der Waals surface area contributed by atoms with E-state index in [9.17, 15) is 10.1 Å². The van der Waals surface area contributed by atoms with Crippen molar-refractivity contribution in [3.8, 4) is 6.07 Å². The summed E-state index contributed by atoms with van der Waals surface area (Å²) in [4.78, 5) is 12.6. The Hall–Kier alpha value is -1.78. The van der Waals surface area contributed by atoms with Gasteiger partial charge in [0.25, 0.3) is 5.91 Å². The fourth-order valence-electron chi connectivity index (χ4n) is 2.46. The summed E-state index contributed by atoms with van der Waals surface area (Å²) >= 11 is 1.29. The molecule has 112 valence electrons. The normalized spacial score (nSPS) is 19.0. The highest BCUT2D eigenvalue weighted by molar-refractivity contribution is 7.19. The number of hydrogen-bond acceptors (Lipinski definition) is 6. The van der Waals surface area contributed by atoms with Crippen molar-refractivity contribution in [1.82, 2.24) is 10.6 Å². The standard InChI is InChI=1S/C14H19N5OS/c15-7-10-11(16)12(13(20)18-8-1-2-8)21-14(10)19-9-3-5-17-6-4-9/h8-9,17,19H,1-6,16H2,(H,18,20). The lowest BCUT2D eigenvalue weighted by Crippen LogP contribution is -2.35. The second-order valence-electron chi connectivity index (χ2n) is 5.58. The number of thiophene rings is 1. The van der Waals surface area contributed by atoms with Gasteiger partial charge in [0.15, 0.2) is 0 Å². The Morgan fingerprint density at radius 2 is 2.00 bits per heavy atom. The van der Waals surface area contributed by atoms with Crippen LogP contribution < -0.4 is 21.7 Å². The summed E-state index contributed by atoms with van der Waals surface area (Å²) in [5.74, 6) is -0.158. The molecule has 1 aromatic heterocycles. The average Bonchev–Trinajstić information content (AvgIpc) is 3.24. The Kier molecular flexibility index (Phi) is 3.99. The number of carbonyl (C=O) groups is 1. The van der Waals surface area contributed by atoms with E-state index in [-0.39, 0.29) is 11.9 Å². The predicted octanol–water partition coefficient (Wildman–Crippen LogP) is 1.26. The quantitative estimate of drug-likeness (QED) is 0.670. The fraction of sp³-hybridized carbons (Fsp3) is 0.571. The van der Waals surface area contributed by atoms with Gasteiger partial charge in [-0.25, -0.2) is 0 Å². The molecule has 1 aliphatic carbocycles. The van der Waals surface area contributed by atoms with E-state index >= 15 is 0 Å². The molecule has 1 aliphatic heterocycles. The zero-order valence-electron chi connectivity index (χ0n) is 11.7. The van der Waals surface area contributed by atoms with E-state index in [0.29, 0.717) is 22.2 Å². The number of amides is 1. The molecule has 1 saturated carbocycles. The molecule has 2 aliphatic rings. The van der Waals surface area contributed by atoms with Gasteiger partial charge in [-0.3, -0.25) is 4.79 Å². The van der Waals surface area contributed by atoms with Crippen molar-refractivity contribution in [3.05, 3.63) is 10.4 Å². The first-order valence-corrected chi connectivity index (χ1v) is 8.11. The van der Waals surface area contributed by atoms with Gasteiger partial charge in [-0.15, -0.1) is 11.3 Å². The van der Waals surface area contributed by atoms with Crippen molar-refractivity contribution in [3.63, 3.8) is 0 Å². The average molecular weight is 305 g/mol. The molecule has 1 amide bonds. The molecule has 0 unspecified atom stereocenters. The van der Waals surface area contributed by atoms with E-state index < -0.39 is 0 Å². The molecular weight excluding hydrogens is 286 g/mol. The minimum absolute atomic E-state index is 0.158. The first-order chi connectivity index (χ1) is 10.2. The van der Waals surface area contributed by atoms with Gasteiger partial charge in [-0.05, 0) is 38.8 Å². The second kappa shape index (κ2) is 5.92. The van der Waals surface area contributed by atoms with Crippen LogP contribution >= 0.6 is 11.3 Å². The molecular formula is C14H19N5OS. The predicted molar refractivity (Wildman–Crippen MR) is 83.4 cm³/mol. The summed E-state index contributed by atoms with van der Waals surface area (Å²) in [5.41, 5.74) is 6.70. The Labute approximate surface area is 127 Å². The summed E-state index contributed by atoms with van der Waals surface area (Å²) in [7, 11) is 0. The monoisotopic (exact) mass is 305 g/mol. The lowest BCUT2D eigenvalue weighted by molar-refractivity contribution is 0.0956.